The highest BCUT2D eigenvalue weighted by molar-refractivity contribution is 5.34. The van der Waals surface area contributed by atoms with Crippen LogP contribution in [0.15, 0.2) is 23.3 Å². The average Bonchev–Trinajstić information content (AvgIpc) is 2.37. The summed E-state index contributed by atoms with van der Waals surface area (Å²) in [5.74, 6) is 1.37. The first-order chi connectivity index (χ1) is 9.72. The molecule has 0 aliphatic heterocycles. The molecule has 0 aromatic heterocycles. The Hall–Kier alpha value is -0.560. The minimum absolute atomic E-state index is 0.256. The second kappa shape index (κ2) is 8.02. The van der Waals surface area contributed by atoms with Gasteiger partial charge < -0.3 is 5.73 Å². The van der Waals surface area contributed by atoms with Gasteiger partial charge in [-0.25, -0.2) is 0 Å². The third-order valence-electron chi connectivity index (χ3n) is 5.27. The number of nitrogens with two attached hydrogens (primary N) is 1. The van der Waals surface area contributed by atoms with E-state index in [2.05, 4.69) is 26.0 Å². The molecule has 0 aromatic carbocycles. The molecule has 0 saturated heterocycles. The first kappa shape index (κ1) is 15.8. The van der Waals surface area contributed by atoms with Crippen LogP contribution < -0.4 is 5.73 Å². The Morgan fingerprint density at radius 3 is 2.35 bits per heavy atom. The maximum Gasteiger partial charge on any atom is 0.0296 e. The van der Waals surface area contributed by atoms with Crippen LogP contribution in [0.4, 0.5) is 0 Å². The lowest BCUT2D eigenvalue weighted by molar-refractivity contribution is 0.413. The molecule has 1 nitrogen and oxygen atoms in total. The first-order valence-corrected chi connectivity index (χ1v) is 8.88. The second-order valence-electron chi connectivity index (χ2n) is 6.92. The molecule has 2 atom stereocenters. The van der Waals surface area contributed by atoms with Gasteiger partial charge in [-0.3, -0.25) is 0 Å². The van der Waals surface area contributed by atoms with E-state index in [9.17, 15) is 0 Å². The van der Waals surface area contributed by atoms with Gasteiger partial charge in [-0.2, -0.15) is 0 Å². The Balaban J connectivity index is 2.01. The van der Waals surface area contributed by atoms with E-state index in [4.69, 9.17) is 5.73 Å². The van der Waals surface area contributed by atoms with Crippen LogP contribution in [0.5, 0.6) is 0 Å². The standard InChI is InChI=1S/C19H33N/c1-3-4-12-18-15(2)13-17(14-19(18)20)16-10-8-6-5-7-9-11-16/h13-14,16,18-19H,3-12,20H2,1-2H3. The van der Waals surface area contributed by atoms with Crippen LogP contribution in [0.3, 0.4) is 0 Å². The Kier molecular flexibility index (Phi) is 6.35. The summed E-state index contributed by atoms with van der Waals surface area (Å²) in [6, 6.07) is 0.256. The summed E-state index contributed by atoms with van der Waals surface area (Å²) in [6.07, 6.45) is 18.6. The molecule has 0 bridgehead atoms. The molecule has 2 N–H and O–H groups in total. The first-order valence-electron chi connectivity index (χ1n) is 8.88. The van der Waals surface area contributed by atoms with E-state index in [1.165, 1.54) is 69.8 Å². The lowest BCUT2D eigenvalue weighted by Crippen LogP contribution is -2.32. The highest BCUT2D eigenvalue weighted by Crippen LogP contribution is 2.35. The van der Waals surface area contributed by atoms with Crippen LogP contribution in [0.25, 0.3) is 0 Å². The predicted octanol–water partition coefficient (Wildman–Crippen LogP) is 5.37. The fourth-order valence-electron chi connectivity index (χ4n) is 3.95. The summed E-state index contributed by atoms with van der Waals surface area (Å²) in [7, 11) is 0. The van der Waals surface area contributed by atoms with E-state index >= 15 is 0 Å². The largest absolute Gasteiger partial charge is 0.324 e. The van der Waals surface area contributed by atoms with E-state index in [0.717, 1.165) is 5.92 Å². The zero-order valence-corrected chi connectivity index (χ0v) is 13.5. The smallest absolute Gasteiger partial charge is 0.0296 e. The third kappa shape index (κ3) is 4.22. The van der Waals surface area contributed by atoms with Crippen molar-refractivity contribution in [3.63, 3.8) is 0 Å². The van der Waals surface area contributed by atoms with Crippen LogP contribution in [-0.4, -0.2) is 6.04 Å². The van der Waals surface area contributed by atoms with Gasteiger partial charge in [-0.05, 0) is 43.6 Å². The van der Waals surface area contributed by atoms with Gasteiger partial charge in [0.15, 0.2) is 0 Å². The van der Waals surface area contributed by atoms with Crippen molar-refractivity contribution in [1.29, 1.82) is 0 Å². The monoisotopic (exact) mass is 275 g/mol. The zero-order valence-electron chi connectivity index (χ0n) is 13.5. The average molecular weight is 275 g/mol. The number of hydrogen-bond donors (Lipinski definition) is 1. The molecule has 20 heavy (non-hydrogen) atoms. The normalized spacial score (nSPS) is 29.4. The molecule has 1 fully saturated rings. The zero-order chi connectivity index (χ0) is 14.4. The van der Waals surface area contributed by atoms with Crippen LogP contribution in [0.2, 0.25) is 0 Å². The molecule has 2 aliphatic rings. The Bertz CT molecular complexity index is 345. The summed E-state index contributed by atoms with van der Waals surface area (Å²) in [5.41, 5.74) is 9.55. The minimum atomic E-state index is 0.256. The summed E-state index contributed by atoms with van der Waals surface area (Å²) in [6.45, 7) is 4.57. The molecule has 1 heteroatoms. The highest BCUT2D eigenvalue weighted by Gasteiger charge is 2.25. The predicted molar refractivity (Wildman–Crippen MR) is 88.6 cm³/mol. The molecule has 0 amide bonds. The quantitative estimate of drug-likeness (QED) is 0.733. The molecule has 2 aliphatic carbocycles. The van der Waals surface area contributed by atoms with E-state index in [1.807, 2.05) is 0 Å². The van der Waals surface area contributed by atoms with E-state index in [1.54, 1.807) is 5.57 Å². The van der Waals surface area contributed by atoms with Crippen molar-refractivity contribution in [3.05, 3.63) is 23.3 Å². The van der Waals surface area contributed by atoms with E-state index < -0.39 is 0 Å². The van der Waals surface area contributed by atoms with Crippen molar-refractivity contribution in [2.45, 2.75) is 84.1 Å². The topological polar surface area (TPSA) is 26.0 Å². The van der Waals surface area contributed by atoms with Crippen LogP contribution in [0, 0.1) is 11.8 Å². The molecule has 0 radical (unpaired) electrons. The summed E-state index contributed by atoms with van der Waals surface area (Å²) in [5, 5.41) is 0. The van der Waals surface area contributed by atoms with Gasteiger partial charge in [-0.1, -0.05) is 69.6 Å². The van der Waals surface area contributed by atoms with Crippen molar-refractivity contribution in [3.8, 4) is 0 Å². The lowest BCUT2D eigenvalue weighted by Gasteiger charge is -2.31. The third-order valence-corrected chi connectivity index (χ3v) is 5.27. The molecular formula is C19H33N. The molecule has 114 valence electrons. The molecular weight excluding hydrogens is 242 g/mol. The Labute approximate surface area is 125 Å². The van der Waals surface area contributed by atoms with Gasteiger partial charge in [0.2, 0.25) is 0 Å². The van der Waals surface area contributed by atoms with Gasteiger partial charge in [0.1, 0.15) is 0 Å². The van der Waals surface area contributed by atoms with Crippen molar-refractivity contribution < 1.29 is 0 Å². The lowest BCUT2D eigenvalue weighted by atomic mass is 9.77. The minimum Gasteiger partial charge on any atom is -0.324 e. The number of allylic oxidation sites excluding steroid dienone is 2. The summed E-state index contributed by atoms with van der Waals surface area (Å²) in [4.78, 5) is 0. The molecule has 2 unspecified atom stereocenters. The maximum atomic E-state index is 6.46. The Morgan fingerprint density at radius 2 is 1.75 bits per heavy atom. The fourth-order valence-corrected chi connectivity index (χ4v) is 3.95. The van der Waals surface area contributed by atoms with Crippen LogP contribution in [-0.2, 0) is 0 Å². The molecule has 1 saturated carbocycles. The van der Waals surface area contributed by atoms with Crippen molar-refractivity contribution in [2.75, 3.05) is 0 Å². The second-order valence-corrected chi connectivity index (χ2v) is 6.92. The maximum absolute atomic E-state index is 6.46. The van der Waals surface area contributed by atoms with Crippen LogP contribution in [0.1, 0.15) is 78.1 Å². The van der Waals surface area contributed by atoms with Gasteiger partial charge >= 0.3 is 0 Å². The number of hydrogen-bond acceptors (Lipinski definition) is 1. The van der Waals surface area contributed by atoms with Crippen molar-refractivity contribution in [1.82, 2.24) is 0 Å². The van der Waals surface area contributed by atoms with Gasteiger partial charge in [-0.15, -0.1) is 0 Å². The van der Waals surface area contributed by atoms with E-state index in [0.29, 0.717) is 5.92 Å². The number of unbranched alkanes of at least 4 members (excludes halogenated alkanes) is 1. The van der Waals surface area contributed by atoms with Gasteiger partial charge in [0.05, 0.1) is 0 Å². The Morgan fingerprint density at radius 1 is 1.10 bits per heavy atom. The fraction of sp³-hybridized carbons (Fsp3) is 0.789. The SMILES string of the molecule is CCCCC1C(C)=CC(C2CCCCCCC2)=CC1N. The van der Waals surface area contributed by atoms with Crippen molar-refractivity contribution >= 4 is 0 Å². The van der Waals surface area contributed by atoms with E-state index in [-0.39, 0.29) is 6.04 Å². The number of rotatable bonds is 4. The van der Waals surface area contributed by atoms with Crippen molar-refractivity contribution in [2.24, 2.45) is 17.6 Å². The molecule has 0 heterocycles. The van der Waals surface area contributed by atoms with Gasteiger partial charge in [0.25, 0.3) is 0 Å². The molecule has 0 aromatic rings. The highest BCUT2D eigenvalue weighted by atomic mass is 14.6. The molecule has 0 spiro atoms. The van der Waals surface area contributed by atoms with Gasteiger partial charge in [0, 0.05) is 6.04 Å². The molecule has 2 rings (SSSR count). The summed E-state index contributed by atoms with van der Waals surface area (Å²) < 4.78 is 0. The summed E-state index contributed by atoms with van der Waals surface area (Å²) >= 11 is 0. The van der Waals surface area contributed by atoms with Crippen LogP contribution >= 0.6 is 0 Å².